The van der Waals surface area contributed by atoms with Crippen molar-refractivity contribution in [2.75, 3.05) is 19.6 Å². The summed E-state index contributed by atoms with van der Waals surface area (Å²) < 4.78 is 5.83. The van der Waals surface area contributed by atoms with Gasteiger partial charge in [-0.25, -0.2) is 0 Å². The van der Waals surface area contributed by atoms with Gasteiger partial charge in [0, 0.05) is 19.5 Å². The second-order valence-corrected chi connectivity index (χ2v) is 4.73. The minimum atomic E-state index is -0.00614. The lowest BCUT2D eigenvalue weighted by atomic mass is 10.1. The second kappa shape index (κ2) is 4.82. The van der Waals surface area contributed by atoms with E-state index in [1.54, 1.807) is 0 Å². The van der Waals surface area contributed by atoms with E-state index in [0.29, 0.717) is 6.10 Å². The molecule has 0 bridgehead atoms. The Morgan fingerprint density at radius 2 is 2.29 bits per heavy atom. The van der Waals surface area contributed by atoms with Gasteiger partial charge in [-0.2, -0.15) is 0 Å². The molecule has 2 heteroatoms. The Kier molecular flexibility index (Phi) is 3.97. The Labute approximate surface area is 87.6 Å². The molecule has 1 saturated heterocycles. The van der Waals surface area contributed by atoms with E-state index >= 15 is 0 Å². The first kappa shape index (κ1) is 11.6. The van der Waals surface area contributed by atoms with Gasteiger partial charge in [0.15, 0.2) is 0 Å². The van der Waals surface area contributed by atoms with Crippen LogP contribution in [0.5, 0.6) is 0 Å². The van der Waals surface area contributed by atoms with Crippen LogP contribution >= 0.6 is 0 Å². The fourth-order valence-corrected chi connectivity index (χ4v) is 2.16. The number of hydrogen-bond donors (Lipinski definition) is 0. The molecule has 0 saturated carbocycles. The maximum absolute atomic E-state index is 5.83. The van der Waals surface area contributed by atoms with Gasteiger partial charge in [0.1, 0.15) is 0 Å². The smallest absolute Gasteiger partial charge is 0.0757 e. The Bertz CT molecular complexity index is 217. The molecule has 0 aromatic carbocycles. The van der Waals surface area contributed by atoms with E-state index in [0.717, 1.165) is 32.5 Å². The van der Waals surface area contributed by atoms with Crippen LogP contribution in [0.4, 0.5) is 0 Å². The largest absolute Gasteiger partial charge is 0.370 e. The van der Waals surface area contributed by atoms with Crippen molar-refractivity contribution in [2.45, 2.75) is 45.3 Å². The fourth-order valence-electron chi connectivity index (χ4n) is 2.16. The maximum atomic E-state index is 5.83. The molecular formula is C12H21NO. The predicted octanol–water partition coefficient (Wildman–Crippen LogP) is 1.90. The van der Waals surface area contributed by atoms with Crippen LogP contribution in [-0.4, -0.2) is 36.2 Å². The summed E-state index contributed by atoms with van der Waals surface area (Å²) in [5, 5.41) is 0. The van der Waals surface area contributed by atoms with Crippen LogP contribution in [0.1, 0.15) is 33.6 Å². The number of terminal acetylenes is 1. The van der Waals surface area contributed by atoms with Gasteiger partial charge in [-0.1, -0.05) is 0 Å². The van der Waals surface area contributed by atoms with E-state index in [1.807, 2.05) is 0 Å². The average Bonchev–Trinajstić information content (AvgIpc) is 2.00. The fraction of sp³-hybridized carbons (Fsp3) is 0.833. The van der Waals surface area contributed by atoms with E-state index in [-0.39, 0.29) is 5.60 Å². The van der Waals surface area contributed by atoms with E-state index in [2.05, 4.69) is 31.6 Å². The molecule has 0 spiro atoms. The molecule has 1 heterocycles. The topological polar surface area (TPSA) is 12.5 Å². The summed E-state index contributed by atoms with van der Waals surface area (Å²) in [7, 11) is 0. The highest BCUT2D eigenvalue weighted by Gasteiger charge is 2.30. The van der Waals surface area contributed by atoms with Gasteiger partial charge < -0.3 is 4.74 Å². The zero-order chi connectivity index (χ0) is 10.6. The number of unbranched alkanes of at least 4 members (excludes halogenated alkanes) is 1. The van der Waals surface area contributed by atoms with Crippen LogP contribution in [-0.2, 0) is 4.74 Å². The van der Waals surface area contributed by atoms with Gasteiger partial charge in [-0.05, 0) is 33.7 Å². The number of morpholine rings is 1. The molecule has 1 fully saturated rings. The van der Waals surface area contributed by atoms with Gasteiger partial charge >= 0.3 is 0 Å². The normalized spacial score (nSPS) is 27.1. The summed E-state index contributed by atoms with van der Waals surface area (Å²) in [6, 6.07) is 0. The van der Waals surface area contributed by atoms with Crippen molar-refractivity contribution in [3.8, 4) is 12.3 Å². The number of ether oxygens (including phenoxy) is 1. The van der Waals surface area contributed by atoms with Crippen LogP contribution in [0.2, 0.25) is 0 Å². The zero-order valence-corrected chi connectivity index (χ0v) is 9.55. The lowest BCUT2D eigenvalue weighted by Gasteiger charge is -2.41. The Morgan fingerprint density at radius 1 is 1.57 bits per heavy atom. The van der Waals surface area contributed by atoms with Crippen molar-refractivity contribution in [1.29, 1.82) is 0 Å². The highest BCUT2D eigenvalue weighted by molar-refractivity contribution is 4.86. The highest BCUT2D eigenvalue weighted by atomic mass is 16.5. The summed E-state index contributed by atoms with van der Waals surface area (Å²) in [6.07, 6.45) is 7.55. The number of rotatable bonds is 3. The standard InChI is InChI=1S/C12H21NO/c1-5-6-7-8-13-9-11(2)14-12(3,4)10-13/h1,11H,6-10H2,2-4H3. The zero-order valence-electron chi connectivity index (χ0n) is 9.55. The summed E-state index contributed by atoms with van der Waals surface area (Å²) >= 11 is 0. The minimum Gasteiger partial charge on any atom is -0.370 e. The van der Waals surface area contributed by atoms with Crippen LogP contribution < -0.4 is 0 Å². The molecule has 0 N–H and O–H groups in total. The van der Waals surface area contributed by atoms with Crippen LogP contribution in [0.3, 0.4) is 0 Å². The average molecular weight is 195 g/mol. The lowest BCUT2D eigenvalue weighted by Crippen LogP contribution is -2.51. The molecular weight excluding hydrogens is 174 g/mol. The molecule has 80 valence electrons. The third-order valence-corrected chi connectivity index (χ3v) is 2.44. The highest BCUT2D eigenvalue weighted by Crippen LogP contribution is 2.20. The molecule has 1 unspecified atom stereocenters. The minimum absolute atomic E-state index is 0.00614. The van der Waals surface area contributed by atoms with E-state index in [4.69, 9.17) is 11.2 Å². The van der Waals surface area contributed by atoms with Crippen molar-refractivity contribution >= 4 is 0 Å². The Balaban J connectivity index is 2.35. The summed E-state index contributed by atoms with van der Waals surface area (Å²) in [5.74, 6) is 2.68. The van der Waals surface area contributed by atoms with E-state index < -0.39 is 0 Å². The SMILES string of the molecule is C#CCCCN1CC(C)OC(C)(C)C1. The Hall–Kier alpha value is -0.520. The number of hydrogen-bond acceptors (Lipinski definition) is 2. The van der Waals surface area contributed by atoms with Gasteiger partial charge in [0.25, 0.3) is 0 Å². The van der Waals surface area contributed by atoms with Crippen molar-refractivity contribution in [1.82, 2.24) is 4.90 Å². The monoisotopic (exact) mass is 195 g/mol. The van der Waals surface area contributed by atoms with Crippen molar-refractivity contribution in [3.63, 3.8) is 0 Å². The van der Waals surface area contributed by atoms with E-state index in [9.17, 15) is 0 Å². The number of nitrogens with zero attached hydrogens (tertiary/aromatic N) is 1. The second-order valence-electron chi connectivity index (χ2n) is 4.73. The molecule has 2 nitrogen and oxygen atoms in total. The van der Waals surface area contributed by atoms with Crippen LogP contribution in [0, 0.1) is 12.3 Å². The first-order chi connectivity index (χ1) is 6.53. The molecule has 1 rings (SSSR count). The Morgan fingerprint density at radius 3 is 2.86 bits per heavy atom. The molecule has 0 amide bonds. The van der Waals surface area contributed by atoms with Crippen molar-refractivity contribution in [2.24, 2.45) is 0 Å². The quantitative estimate of drug-likeness (QED) is 0.504. The molecule has 0 aromatic rings. The molecule has 0 aromatic heterocycles. The summed E-state index contributed by atoms with van der Waals surface area (Å²) in [5.41, 5.74) is -0.00614. The van der Waals surface area contributed by atoms with E-state index in [1.165, 1.54) is 0 Å². The first-order valence-electron chi connectivity index (χ1n) is 5.37. The summed E-state index contributed by atoms with van der Waals surface area (Å²) in [6.45, 7) is 9.58. The van der Waals surface area contributed by atoms with Crippen molar-refractivity contribution < 1.29 is 4.74 Å². The molecule has 14 heavy (non-hydrogen) atoms. The van der Waals surface area contributed by atoms with Gasteiger partial charge in [-0.15, -0.1) is 12.3 Å². The third kappa shape index (κ3) is 3.69. The van der Waals surface area contributed by atoms with Gasteiger partial charge in [0.2, 0.25) is 0 Å². The van der Waals surface area contributed by atoms with Gasteiger partial charge in [0.05, 0.1) is 11.7 Å². The van der Waals surface area contributed by atoms with Gasteiger partial charge in [-0.3, -0.25) is 4.90 Å². The third-order valence-electron chi connectivity index (χ3n) is 2.44. The predicted molar refractivity (Wildman–Crippen MR) is 59.1 cm³/mol. The van der Waals surface area contributed by atoms with Crippen LogP contribution in [0.25, 0.3) is 0 Å². The summed E-state index contributed by atoms with van der Waals surface area (Å²) in [4.78, 5) is 2.45. The molecule has 1 aliphatic rings. The molecule has 0 aliphatic carbocycles. The maximum Gasteiger partial charge on any atom is 0.0757 e. The first-order valence-corrected chi connectivity index (χ1v) is 5.37. The molecule has 0 radical (unpaired) electrons. The molecule has 1 aliphatic heterocycles. The van der Waals surface area contributed by atoms with Crippen LogP contribution in [0.15, 0.2) is 0 Å². The lowest BCUT2D eigenvalue weighted by molar-refractivity contribution is -0.128. The van der Waals surface area contributed by atoms with Crippen molar-refractivity contribution in [3.05, 3.63) is 0 Å². The molecule has 1 atom stereocenters.